The molecule has 1 aliphatic rings. The van der Waals surface area contributed by atoms with Gasteiger partial charge >= 0.3 is 5.97 Å². The van der Waals surface area contributed by atoms with Crippen molar-refractivity contribution in [3.63, 3.8) is 0 Å². The highest BCUT2D eigenvalue weighted by Gasteiger charge is 2.27. The SMILES string of the molecule is CCOC(=O)c1ccc(N(CN2CCCC2=O)C(=O)c2cc(Cl)ccc2Cl)cc1. The first kappa shape index (κ1) is 21.1. The van der Waals surface area contributed by atoms with Gasteiger partial charge in [-0.2, -0.15) is 0 Å². The molecule has 2 aromatic carbocycles. The lowest BCUT2D eigenvalue weighted by molar-refractivity contribution is -0.127. The smallest absolute Gasteiger partial charge is 0.338 e. The summed E-state index contributed by atoms with van der Waals surface area (Å²) < 4.78 is 4.99. The standard InChI is InChI=1S/C21H20Cl2N2O4/c1-2-29-21(28)14-5-8-16(9-6-14)25(13-24-11-3-4-19(24)26)20(27)17-12-15(22)7-10-18(17)23/h5-10,12H,2-4,11,13H2,1H3. The summed E-state index contributed by atoms with van der Waals surface area (Å²) in [5.74, 6) is -0.839. The number of hydrogen-bond acceptors (Lipinski definition) is 4. The van der Waals surface area contributed by atoms with Crippen molar-refractivity contribution in [1.29, 1.82) is 0 Å². The van der Waals surface area contributed by atoms with Crippen molar-refractivity contribution < 1.29 is 19.1 Å². The van der Waals surface area contributed by atoms with Crippen LogP contribution in [-0.4, -0.2) is 42.5 Å². The van der Waals surface area contributed by atoms with Crippen molar-refractivity contribution >= 4 is 46.7 Å². The van der Waals surface area contributed by atoms with Gasteiger partial charge in [-0.25, -0.2) is 4.79 Å². The molecule has 0 unspecified atom stereocenters. The summed E-state index contributed by atoms with van der Waals surface area (Å²) in [6.45, 7) is 2.66. The fraction of sp³-hybridized carbons (Fsp3) is 0.286. The van der Waals surface area contributed by atoms with Crippen LogP contribution in [0.5, 0.6) is 0 Å². The van der Waals surface area contributed by atoms with E-state index in [2.05, 4.69) is 0 Å². The van der Waals surface area contributed by atoms with E-state index in [0.29, 0.717) is 29.2 Å². The molecule has 0 saturated carbocycles. The van der Waals surface area contributed by atoms with Crippen LogP contribution in [0.3, 0.4) is 0 Å². The normalized spacial score (nSPS) is 13.5. The predicted molar refractivity (Wildman–Crippen MR) is 111 cm³/mol. The van der Waals surface area contributed by atoms with Crippen molar-refractivity contribution in [3.8, 4) is 0 Å². The molecule has 0 spiro atoms. The number of nitrogens with zero attached hydrogens (tertiary/aromatic N) is 2. The zero-order valence-corrected chi connectivity index (χ0v) is 17.4. The van der Waals surface area contributed by atoms with Crippen LogP contribution >= 0.6 is 23.2 Å². The first-order valence-corrected chi connectivity index (χ1v) is 9.98. The molecule has 0 radical (unpaired) electrons. The van der Waals surface area contributed by atoms with Gasteiger partial charge in [0.15, 0.2) is 0 Å². The summed E-state index contributed by atoms with van der Waals surface area (Å²) >= 11 is 12.3. The van der Waals surface area contributed by atoms with Gasteiger partial charge in [0.2, 0.25) is 5.91 Å². The third kappa shape index (κ3) is 4.89. The molecule has 0 aliphatic carbocycles. The molecule has 0 N–H and O–H groups in total. The van der Waals surface area contributed by atoms with Crippen LogP contribution in [0.1, 0.15) is 40.5 Å². The number of anilines is 1. The molecule has 1 aliphatic heterocycles. The first-order chi connectivity index (χ1) is 13.9. The highest BCUT2D eigenvalue weighted by atomic mass is 35.5. The quantitative estimate of drug-likeness (QED) is 0.631. The minimum absolute atomic E-state index is 0.0110. The van der Waals surface area contributed by atoms with Gasteiger partial charge in [-0.15, -0.1) is 0 Å². The summed E-state index contributed by atoms with van der Waals surface area (Å²) in [6.07, 6.45) is 1.21. The Labute approximate surface area is 178 Å². The number of likely N-dealkylation sites (tertiary alicyclic amines) is 1. The van der Waals surface area contributed by atoms with E-state index in [1.54, 1.807) is 48.2 Å². The maximum atomic E-state index is 13.3. The Morgan fingerprint density at radius 2 is 1.86 bits per heavy atom. The average molecular weight is 435 g/mol. The van der Waals surface area contributed by atoms with Crippen molar-refractivity contribution in [2.75, 3.05) is 24.7 Å². The number of carbonyl (C=O) groups is 3. The van der Waals surface area contributed by atoms with Crippen LogP contribution in [-0.2, 0) is 9.53 Å². The van der Waals surface area contributed by atoms with E-state index in [1.807, 2.05) is 0 Å². The second kappa shape index (κ2) is 9.29. The van der Waals surface area contributed by atoms with Gasteiger partial charge < -0.3 is 9.64 Å². The maximum absolute atomic E-state index is 13.3. The van der Waals surface area contributed by atoms with Gasteiger partial charge in [0.05, 0.1) is 22.8 Å². The number of halogens is 2. The number of rotatable bonds is 6. The maximum Gasteiger partial charge on any atom is 0.338 e. The second-order valence-corrected chi connectivity index (χ2v) is 7.37. The van der Waals surface area contributed by atoms with Crippen molar-refractivity contribution in [1.82, 2.24) is 4.90 Å². The molecule has 0 aromatic heterocycles. The van der Waals surface area contributed by atoms with E-state index in [0.717, 1.165) is 6.42 Å². The number of esters is 1. The van der Waals surface area contributed by atoms with Crippen molar-refractivity contribution in [2.45, 2.75) is 19.8 Å². The largest absolute Gasteiger partial charge is 0.462 e. The Balaban J connectivity index is 1.94. The molecule has 1 fully saturated rings. The van der Waals surface area contributed by atoms with Gasteiger partial charge in [0, 0.05) is 23.7 Å². The van der Waals surface area contributed by atoms with Crippen LogP contribution in [0.15, 0.2) is 42.5 Å². The van der Waals surface area contributed by atoms with Gasteiger partial charge in [0.1, 0.15) is 6.67 Å². The summed E-state index contributed by atoms with van der Waals surface area (Å²) in [5, 5.41) is 0.646. The Kier molecular flexibility index (Phi) is 6.77. The molecule has 0 atom stereocenters. The molecule has 0 bridgehead atoms. The van der Waals surface area contributed by atoms with E-state index in [-0.39, 0.29) is 35.7 Å². The van der Waals surface area contributed by atoms with E-state index in [4.69, 9.17) is 27.9 Å². The van der Waals surface area contributed by atoms with Gasteiger partial charge in [-0.05, 0) is 55.8 Å². The van der Waals surface area contributed by atoms with E-state index in [9.17, 15) is 14.4 Å². The van der Waals surface area contributed by atoms with Crippen LogP contribution in [0.4, 0.5) is 5.69 Å². The number of ether oxygens (including phenoxy) is 1. The number of amides is 2. The third-order valence-corrected chi connectivity index (χ3v) is 5.14. The molecule has 2 amide bonds. The summed E-state index contributed by atoms with van der Waals surface area (Å²) in [6, 6.07) is 11.1. The summed E-state index contributed by atoms with van der Waals surface area (Å²) in [7, 11) is 0. The van der Waals surface area contributed by atoms with Crippen molar-refractivity contribution in [2.24, 2.45) is 0 Å². The Morgan fingerprint density at radius 1 is 1.14 bits per heavy atom. The topological polar surface area (TPSA) is 66.9 Å². The molecule has 1 saturated heterocycles. The summed E-state index contributed by atoms with van der Waals surface area (Å²) in [5.41, 5.74) is 1.14. The fourth-order valence-corrected chi connectivity index (χ4v) is 3.46. The van der Waals surface area contributed by atoms with E-state index < -0.39 is 5.97 Å². The lowest BCUT2D eigenvalue weighted by Gasteiger charge is -2.28. The Bertz CT molecular complexity index is 931. The molecule has 3 rings (SSSR count). The van der Waals surface area contributed by atoms with E-state index in [1.165, 1.54) is 11.0 Å². The highest BCUT2D eigenvalue weighted by molar-refractivity contribution is 6.36. The predicted octanol–water partition coefficient (Wildman–Crippen LogP) is 4.40. The molecule has 152 valence electrons. The number of hydrogen-bond donors (Lipinski definition) is 0. The minimum atomic E-state index is -0.440. The number of carbonyl (C=O) groups excluding carboxylic acids is 3. The van der Waals surface area contributed by atoms with Crippen LogP contribution in [0.25, 0.3) is 0 Å². The number of benzene rings is 2. The van der Waals surface area contributed by atoms with Gasteiger partial charge in [-0.1, -0.05) is 23.2 Å². The third-order valence-electron chi connectivity index (χ3n) is 4.58. The minimum Gasteiger partial charge on any atom is -0.462 e. The first-order valence-electron chi connectivity index (χ1n) is 9.22. The van der Waals surface area contributed by atoms with Gasteiger partial charge in [-0.3, -0.25) is 14.5 Å². The van der Waals surface area contributed by atoms with E-state index >= 15 is 0 Å². The highest BCUT2D eigenvalue weighted by Crippen LogP contribution is 2.26. The lowest BCUT2D eigenvalue weighted by atomic mass is 10.1. The molecule has 1 heterocycles. The molecule has 8 heteroatoms. The monoisotopic (exact) mass is 434 g/mol. The molecule has 6 nitrogen and oxygen atoms in total. The summed E-state index contributed by atoms with van der Waals surface area (Å²) in [4.78, 5) is 40.4. The molecule has 2 aromatic rings. The van der Waals surface area contributed by atoms with Crippen LogP contribution in [0.2, 0.25) is 10.0 Å². The fourth-order valence-electron chi connectivity index (χ4n) is 3.09. The molecular weight excluding hydrogens is 415 g/mol. The molecular formula is C21H20Cl2N2O4. The lowest BCUT2D eigenvalue weighted by Crippen LogP contribution is -2.42. The molecule has 29 heavy (non-hydrogen) atoms. The van der Waals surface area contributed by atoms with Crippen LogP contribution in [0, 0.1) is 0 Å². The van der Waals surface area contributed by atoms with Crippen molar-refractivity contribution in [3.05, 3.63) is 63.6 Å². The second-order valence-electron chi connectivity index (χ2n) is 6.53. The average Bonchev–Trinajstić information content (AvgIpc) is 3.12. The zero-order valence-electron chi connectivity index (χ0n) is 15.9. The van der Waals surface area contributed by atoms with Crippen LogP contribution < -0.4 is 4.90 Å². The Hall–Kier alpha value is -2.57. The van der Waals surface area contributed by atoms with Gasteiger partial charge in [0.25, 0.3) is 5.91 Å². The Morgan fingerprint density at radius 3 is 2.48 bits per heavy atom. The zero-order chi connectivity index (χ0) is 21.0.